The fourth-order valence-electron chi connectivity index (χ4n) is 2.23. The van der Waals surface area contributed by atoms with Crippen LogP contribution < -0.4 is 10.1 Å². The fourth-order valence-corrected chi connectivity index (χ4v) is 2.64. The number of hydrogen-bond acceptors (Lipinski definition) is 2. The molecular weight excluding hydrogens is 314 g/mol. The average Bonchev–Trinajstić information content (AvgIpc) is 2.36. The zero-order chi connectivity index (χ0) is 15.3. The number of methoxy groups -OCH3 is 1. The molecule has 0 spiro atoms. The van der Waals surface area contributed by atoms with Crippen LogP contribution >= 0.6 is 15.9 Å². The molecular formula is C17H28BrNO. The van der Waals surface area contributed by atoms with Gasteiger partial charge in [-0.1, -0.05) is 50.5 Å². The number of ether oxygens (including phenoxy) is 1. The maximum Gasteiger partial charge on any atom is 0.122 e. The Labute approximate surface area is 132 Å². The quantitative estimate of drug-likeness (QED) is 0.778. The van der Waals surface area contributed by atoms with Crippen molar-refractivity contribution in [3.8, 4) is 5.75 Å². The maximum absolute atomic E-state index is 5.51. The molecule has 3 heteroatoms. The summed E-state index contributed by atoms with van der Waals surface area (Å²) in [4.78, 5) is 0. The summed E-state index contributed by atoms with van der Waals surface area (Å²) in [5.74, 6) is 1.57. The molecule has 0 radical (unpaired) electrons. The molecule has 20 heavy (non-hydrogen) atoms. The lowest BCUT2D eigenvalue weighted by atomic mass is 9.74. The Kier molecular flexibility index (Phi) is 6.53. The molecule has 2 nitrogen and oxygen atoms in total. The highest BCUT2D eigenvalue weighted by atomic mass is 79.9. The molecule has 0 aromatic heterocycles. The molecule has 1 aromatic rings. The minimum atomic E-state index is 0.207. The SMILES string of the molecule is COc1ccc(Br)cc1CC(C)(CNC(C)C)C(C)C. The number of rotatable bonds is 7. The number of halogens is 1. The normalized spacial score (nSPS) is 14.7. The smallest absolute Gasteiger partial charge is 0.122 e. The monoisotopic (exact) mass is 341 g/mol. The van der Waals surface area contributed by atoms with Gasteiger partial charge in [0.25, 0.3) is 0 Å². The molecule has 0 saturated carbocycles. The largest absolute Gasteiger partial charge is 0.496 e. The van der Waals surface area contributed by atoms with Crippen molar-refractivity contribution in [1.29, 1.82) is 0 Å². The van der Waals surface area contributed by atoms with Crippen LogP contribution in [0.3, 0.4) is 0 Å². The molecule has 114 valence electrons. The van der Waals surface area contributed by atoms with Gasteiger partial charge in [-0.2, -0.15) is 0 Å². The molecule has 0 aliphatic heterocycles. The first-order chi connectivity index (χ1) is 9.28. The van der Waals surface area contributed by atoms with E-state index in [0.29, 0.717) is 12.0 Å². The summed E-state index contributed by atoms with van der Waals surface area (Å²) in [6, 6.07) is 6.75. The summed E-state index contributed by atoms with van der Waals surface area (Å²) < 4.78 is 6.62. The van der Waals surface area contributed by atoms with Crippen molar-refractivity contribution in [2.45, 2.75) is 47.1 Å². The van der Waals surface area contributed by atoms with Crippen molar-refractivity contribution in [3.05, 3.63) is 28.2 Å². The van der Waals surface area contributed by atoms with E-state index in [4.69, 9.17) is 4.74 Å². The van der Waals surface area contributed by atoms with Gasteiger partial charge in [0.05, 0.1) is 7.11 Å². The zero-order valence-electron chi connectivity index (χ0n) is 13.6. The van der Waals surface area contributed by atoms with E-state index in [1.165, 1.54) is 5.56 Å². The van der Waals surface area contributed by atoms with Crippen LogP contribution in [0.1, 0.15) is 40.2 Å². The second-order valence-electron chi connectivity index (χ2n) is 6.48. The Balaban J connectivity index is 2.98. The Morgan fingerprint density at radius 2 is 1.90 bits per heavy atom. The van der Waals surface area contributed by atoms with Gasteiger partial charge in [-0.15, -0.1) is 0 Å². The van der Waals surface area contributed by atoms with Crippen LogP contribution in [0.2, 0.25) is 0 Å². The van der Waals surface area contributed by atoms with E-state index < -0.39 is 0 Å². The van der Waals surface area contributed by atoms with E-state index in [2.05, 4.69) is 61.9 Å². The van der Waals surface area contributed by atoms with Gasteiger partial charge >= 0.3 is 0 Å². The Bertz CT molecular complexity index is 431. The molecule has 1 atom stereocenters. The van der Waals surface area contributed by atoms with Crippen molar-refractivity contribution in [2.75, 3.05) is 13.7 Å². The third-order valence-corrected chi connectivity index (χ3v) is 4.64. The van der Waals surface area contributed by atoms with Crippen LogP contribution in [-0.2, 0) is 6.42 Å². The van der Waals surface area contributed by atoms with E-state index in [-0.39, 0.29) is 5.41 Å². The van der Waals surface area contributed by atoms with Crippen LogP contribution in [0, 0.1) is 11.3 Å². The number of hydrogen-bond donors (Lipinski definition) is 1. The highest BCUT2D eigenvalue weighted by Crippen LogP contribution is 2.35. The van der Waals surface area contributed by atoms with Gasteiger partial charge < -0.3 is 10.1 Å². The minimum Gasteiger partial charge on any atom is -0.496 e. The lowest BCUT2D eigenvalue weighted by Crippen LogP contribution is -2.40. The summed E-state index contributed by atoms with van der Waals surface area (Å²) in [5.41, 5.74) is 1.47. The molecule has 0 saturated heterocycles. The first-order valence-electron chi connectivity index (χ1n) is 7.34. The molecule has 0 aliphatic rings. The van der Waals surface area contributed by atoms with Gasteiger partial charge in [-0.3, -0.25) is 0 Å². The van der Waals surface area contributed by atoms with Crippen LogP contribution in [-0.4, -0.2) is 19.7 Å². The second-order valence-corrected chi connectivity index (χ2v) is 7.39. The van der Waals surface area contributed by atoms with Gasteiger partial charge in [0, 0.05) is 17.1 Å². The lowest BCUT2D eigenvalue weighted by molar-refractivity contribution is 0.200. The summed E-state index contributed by atoms with van der Waals surface area (Å²) in [7, 11) is 1.74. The highest BCUT2D eigenvalue weighted by Gasteiger charge is 2.29. The van der Waals surface area contributed by atoms with E-state index in [1.807, 2.05) is 12.1 Å². The van der Waals surface area contributed by atoms with Crippen molar-refractivity contribution in [1.82, 2.24) is 5.32 Å². The first-order valence-corrected chi connectivity index (χ1v) is 8.13. The Hall–Kier alpha value is -0.540. The third-order valence-electron chi connectivity index (χ3n) is 4.14. The molecule has 0 aliphatic carbocycles. The maximum atomic E-state index is 5.51. The predicted octanol–water partition coefficient (Wildman–Crippen LogP) is 4.66. The predicted molar refractivity (Wildman–Crippen MR) is 90.5 cm³/mol. The molecule has 0 heterocycles. The van der Waals surface area contributed by atoms with Crippen LogP contribution in [0.15, 0.2) is 22.7 Å². The molecule has 0 amide bonds. The number of nitrogens with one attached hydrogen (secondary N) is 1. The highest BCUT2D eigenvalue weighted by molar-refractivity contribution is 9.10. The fraction of sp³-hybridized carbons (Fsp3) is 0.647. The van der Waals surface area contributed by atoms with E-state index in [9.17, 15) is 0 Å². The topological polar surface area (TPSA) is 21.3 Å². The molecule has 1 N–H and O–H groups in total. The van der Waals surface area contributed by atoms with Crippen molar-refractivity contribution in [2.24, 2.45) is 11.3 Å². The molecule has 0 fully saturated rings. The van der Waals surface area contributed by atoms with Gasteiger partial charge in [-0.25, -0.2) is 0 Å². The van der Waals surface area contributed by atoms with Crippen molar-refractivity contribution < 1.29 is 4.74 Å². The van der Waals surface area contributed by atoms with Gasteiger partial charge in [0.1, 0.15) is 5.75 Å². The molecule has 1 aromatic carbocycles. The van der Waals surface area contributed by atoms with Crippen LogP contribution in [0.4, 0.5) is 0 Å². The van der Waals surface area contributed by atoms with Crippen LogP contribution in [0.5, 0.6) is 5.75 Å². The van der Waals surface area contributed by atoms with Crippen LogP contribution in [0.25, 0.3) is 0 Å². The molecule has 1 rings (SSSR count). The Morgan fingerprint density at radius 3 is 2.40 bits per heavy atom. The molecule has 1 unspecified atom stereocenters. The summed E-state index contributed by atoms with van der Waals surface area (Å²) >= 11 is 3.56. The van der Waals surface area contributed by atoms with E-state index in [0.717, 1.165) is 23.2 Å². The Morgan fingerprint density at radius 1 is 1.25 bits per heavy atom. The molecule has 0 bridgehead atoms. The lowest BCUT2D eigenvalue weighted by Gasteiger charge is -2.35. The number of benzene rings is 1. The first kappa shape index (κ1) is 17.5. The van der Waals surface area contributed by atoms with Crippen molar-refractivity contribution >= 4 is 15.9 Å². The summed E-state index contributed by atoms with van der Waals surface area (Å²) in [6.07, 6.45) is 1.01. The van der Waals surface area contributed by atoms with Gasteiger partial charge in [0.15, 0.2) is 0 Å². The third kappa shape index (κ3) is 4.78. The van der Waals surface area contributed by atoms with Gasteiger partial charge in [0.2, 0.25) is 0 Å². The summed E-state index contributed by atoms with van der Waals surface area (Å²) in [5, 5.41) is 3.59. The average molecular weight is 342 g/mol. The zero-order valence-corrected chi connectivity index (χ0v) is 15.2. The van der Waals surface area contributed by atoms with E-state index >= 15 is 0 Å². The van der Waals surface area contributed by atoms with E-state index in [1.54, 1.807) is 7.11 Å². The summed E-state index contributed by atoms with van der Waals surface area (Å²) in [6.45, 7) is 12.4. The minimum absolute atomic E-state index is 0.207. The van der Waals surface area contributed by atoms with Crippen molar-refractivity contribution in [3.63, 3.8) is 0 Å². The standard InChI is InChI=1S/C17H28BrNO/c1-12(2)17(5,11-19-13(3)4)10-14-9-15(18)7-8-16(14)20-6/h7-9,12-13,19H,10-11H2,1-6H3. The second kappa shape index (κ2) is 7.46. The van der Waals surface area contributed by atoms with Gasteiger partial charge in [-0.05, 0) is 41.5 Å².